The SMILES string of the molecule is Cc1cc(C(C)(C)C)cc2c1OC(C)C2=O. The first kappa shape index (κ1) is 11.2. The maximum Gasteiger partial charge on any atom is 0.206 e. The molecule has 2 rings (SSSR count). The molecule has 86 valence electrons. The molecule has 2 nitrogen and oxygen atoms in total. The first-order chi connectivity index (χ1) is 7.30. The summed E-state index contributed by atoms with van der Waals surface area (Å²) in [5, 5.41) is 0. The fourth-order valence-corrected chi connectivity index (χ4v) is 2.00. The van der Waals surface area contributed by atoms with Gasteiger partial charge in [0.15, 0.2) is 6.10 Å². The molecule has 0 fully saturated rings. The fraction of sp³-hybridized carbons (Fsp3) is 0.500. The van der Waals surface area contributed by atoms with Crippen LogP contribution in [0.25, 0.3) is 0 Å². The van der Waals surface area contributed by atoms with E-state index in [0.29, 0.717) is 0 Å². The lowest BCUT2D eigenvalue weighted by Crippen LogP contribution is -2.15. The summed E-state index contributed by atoms with van der Waals surface area (Å²) in [4.78, 5) is 11.9. The molecular formula is C14H18O2. The van der Waals surface area contributed by atoms with Gasteiger partial charge in [-0.05, 0) is 36.5 Å². The van der Waals surface area contributed by atoms with Crippen molar-refractivity contribution in [2.45, 2.75) is 46.1 Å². The van der Waals surface area contributed by atoms with Crippen LogP contribution in [0, 0.1) is 6.92 Å². The molecule has 1 aromatic carbocycles. The molecule has 0 N–H and O–H groups in total. The van der Waals surface area contributed by atoms with Crippen molar-refractivity contribution in [3.8, 4) is 5.75 Å². The smallest absolute Gasteiger partial charge is 0.206 e. The monoisotopic (exact) mass is 218 g/mol. The Kier molecular flexibility index (Phi) is 2.33. The van der Waals surface area contributed by atoms with Crippen LogP contribution in [-0.4, -0.2) is 11.9 Å². The van der Waals surface area contributed by atoms with E-state index in [1.165, 1.54) is 5.56 Å². The highest BCUT2D eigenvalue weighted by molar-refractivity contribution is 6.04. The van der Waals surface area contributed by atoms with E-state index in [4.69, 9.17) is 4.74 Å². The Morgan fingerprint density at radius 3 is 2.44 bits per heavy atom. The summed E-state index contributed by atoms with van der Waals surface area (Å²) in [5.41, 5.74) is 3.05. The molecule has 1 atom stereocenters. The Balaban J connectivity index is 2.60. The van der Waals surface area contributed by atoms with Crippen LogP contribution in [0.2, 0.25) is 0 Å². The molecule has 1 aliphatic rings. The second-order valence-electron chi connectivity index (χ2n) is 5.54. The predicted molar refractivity (Wildman–Crippen MR) is 64.3 cm³/mol. The zero-order valence-electron chi connectivity index (χ0n) is 10.5. The van der Waals surface area contributed by atoms with Crippen LogP contribution in [-0.2, 0) is 5.41 Å². The average Bonchev–Trinajstić information content (AvgIpc) is 2.44. The van der Waals surface area contributed by atoms with Gasteiger partial charge in [0.05, 0.1) is 5.56 Å². The van der Waals surface area contributed by atoms with E-state index in [9.17, 15) is 4.79 Å². The van der Waals surface area contributed by atoms with Gasteiger partial charge in [0, 0.05) is 0 Å². The van der Waals surface area contributed by atoms with Gasteiger partial charge in [-0.15, -0.1) is 0 Å². The van der Waals surface area contributed by atoms with Crippen molar-refractivity contribution in [2.24, 2.45) is 0 Å². The van der Waals surface area contributed by atoms with Gasteiger partial charge in [0.2, 0.25) is 5.78 Å². The Morgan fingerprint density at radius 1 is 1.25 bits per heavy atom. The van der Waals surface area contributed by atoms with Crippen LogP contribution in [0.3, 0.4) is 0 Å². The Hall–Kier alpha value is -1.31. The van der Waals surface area contributed by atoms with Gasteiger partial charge in [-0.1, -0.05) is 26.8 Å². The van der Waals surface area contributed by atoms with Gasteiger partial charge in [-0.3, -0.25) is 4.79 Å². The lowest BCUT2D eigenvalue weighted by atomic mass is 9.84. The van der Waals surface area contributed by atoms with E-state index in [1.54, 1.807) is 6.92 Å². The molecule has 1 aliphatic heterocycles. The largest absolute Gasteiger partial charge is 0.482 e. The van der Waals surface area contributed by atoms with E-state index < -0.39 is 0 Å². The van der Waals surface area contributed by atoms with Gasteiger partial charge >= 0.3 is 0 Å². The van der Waals surface area contributed by atoms with Gasteiger partial charge in [-0.2, -0.15) is 0 Å². The van der Waals surface area contributed by atoms with E-state index in [1.807, 2.05) is 13.0 Å². The molecule has 0 aromatic heterocycles. The van der Waals surface area contributed by atoms with E-state index in [0.717, 1.165) is 16.9 Å². The van der Waals surface area contributed by atoms with Crippen molar-refractivity contribution in [3.63, 3.8) is 0 Å². The highest BCUT2D eigenvalue weighted by Gasteiger charge is 2.31. The molecule has 0 bridgehead atoms. The third-order valence-electron chi connectivity index (χ3n) is 3.07. The van der Waals surface area contributed by atoms with Gasteiger partial charge in [0.25, 0.3) is 0 Å². The fourth-order valence-electron chi connectivity index (χ4n) is 2.00. The summed E-state index contributed by atoms with van der Waals surface area (Å²) in [7, 11) is 0. The number of aryl methyl sites for hydroxylation is 1. The van der Waals surface area contributed by atoms with Crippen LogP contribution in [0.1, 0.15) is 49.2 Å². The van der Waals surface area contributed by atoms with Crippen LogP contribution in [0.5, 0.6) is 5.75 Å². The number of hydrogen-bond donors (Lipinski definition) is 0. The van der Waals surface area contributed by atoms with Crippen molar-refractivity contribution in [1.82, 2.24) is 0 Å². The molecular weight excluding hydrogens is 200 g/mol. The zero-order valence-corrected chi connectivity index (χ0v) is 10.5. The quantitative estimate of drug-likeness (QED) is 0.668. The minimum atomic E-state index is -0.330. The number of benzene rings is 1. The second kappa shape index (κ2) is 3.34. The van der Waals surface area contributed by atoms with Crippen molar-refractivity contribution >= 4 is 5.78 Å². The van der Waals surface area contributed by atoms with Crippen LogP contribution >= 0.6 is 0 Å². The first-order valence-electron chi connectivity index (χ1n) is 5.66. The van der Waals surface area contributed by atoms with Crippen LogP contribution < -0.4 is 4.74 Å². The molecule has 2 heteroatoms. The summed E-state index contributed by atoms with van der Waals surface area (Å²) < 4.78 is 5.57. The van der Waals surface area contributed by atoms with Crippen LogP contribution in [0.15, 0.2) is 12.1 Å². The lowest BCUT2D eigenvalue weighted by molar-refractivity contribution is 0.0878. The number of carbonyl (C=O) groups is 1. The highest BCUT2D eigenvalue weighted by Crippen LogP contribution is 2.36. The molecule has 0 spiro atoms. The minimum absolute atomic E-state index is 0.0614. The Labute approximate surface area is 96.6 Å². The number of fused-ring (bicyclic) bond motifs is 1. The molecule has 16 heavy (non-hydrogen) atoms. The predicted octanol–water partition coefficient (Wildman–Crippen LogP) is 3.26. The topological polar surface area (TPSA) is 26.3 Å². The minimum Gasteiger partial charge on any atom is -0.482 e. The lowest BCUT2D eigenvalue weighted by Gasteiger charge is -2.20. The number of hydrogen-bond acceptors (Lipinski definition) is 2. The Bertz CT molecular complexity index is 453. The average molecular weight is 218 g/mol. The number of ketones is 1. The van der Waals surface area contributed by atoms with Crippen LogP contribution in [0.4, 0.5) is 0 Å². The number of ether oxygens (including phenoxy) is 1. The number of carbonyl (C=O) groups excluding carboxylic acids is 1. The Morgan fingerprint density at radius 2 is 1.88 bits per heavy atom. The summed E-state index contributed by atoms with van der Waals surface area (Å²) in [5.74, 6) is 0.870. The first-order valence-corrected chi connectivity index (χ1v) is 5.66. The van der Waals surface area contributed by atoms with E-state index in [2.05, 4.69) is 26.8 Å². The summed E-state index contributed by atoms with van der Waals surface area (Å²) in [6.07, 6.45) is -0.330. The number of rotatable bonds is 0. The zero-order chi connectivity index (χ0) is 12.1. The molecule has 1 unspecified atom stereocenters. The standard InChI is InChI=1S/C14H18O2/c1-8-6-10(14(3,4)5)7-11-12(15)9(2)16-13(8)11/h6-7,9H,1-5H3. The normalized spacial score (nSPS) is 19.6. The molecule has 0 saturated heterocycles. The van der Waals surface area contributed by atoms with Gasteiger partial charge in [-0.25, -0.2) is 0 Å². The molecule has 1 heterocycles. The highest BCUT2D eigenvalue weighted by atomic mass is 16.5. The summed E-state index contributed by atoms with van der Waals surface area (Å²) >= 11 is 0. The van der Waals surface area contributed by atoms with Crippen molar-refractivity contribution in [3.05, 3.63) is 28.8 Å². The van der Waals surface area contributed by atoms with Gasteiger partial charge < -0.3 is 4.74 Å². The van der Waals surface area contributed by atoms with Crippen molar-refractivity contribution in [2.75, 3.05) is 0 Å². The maximum atomic E-state index is 11.9. The van der Waals surface area contributed by atoms with Crippen molar-refractivity contribution in [1.29, 1.82) is 0 Å². The molecule has 0 saturated carbocycles. The van der Waals surface area contributed by atoms with Gasteiger partial charge in [0.1, 0.15) is 5.75 Å². The maximum absolute atomic E-state index is 11.9. The molecule has 1 aromatic rings. The number of Topliss-reactive ketones (excluding diaryl/α,β-unsaturated/α-hetero) is 1. The summed E-state index contributed by atoms with van der Waals surface area (Å²) in [6, 6.07) is 4.10. The molecule has 0 aliphatic carbocycles. The second-order valence-corrected chi connectivity index (χ2v) is 5.54. The third-order valence-corrected chi connectivity index (χ3v) is 3.07. The van der Waals surface area contributed by atoms with E-state index in [-0.39, 0.29) is 17.3 Å². The van der Waals surface area contributed by atoms with Crippen molar-refractivity contribution < 1.29 is 9.53 Å². The third kappa shape index (κ3) is 1.62. The summed E-state index contributed by atoms with van der Waals surface area (Å²) in [6.45, 7) is 10.3. The molecule has 0 radical (unpaired) electrons. The molecule has 0 amide bonds. The van der Waals surface area contributed by atoms with E-state index >= 15 is 0 Å².